The largest absolute Gasteiger partial charge is 0.264 e. The molecule has 0 saturated carbocycles. The molecule has 0 aliphatic heterocycles. The third kappa shape index (κ3) is 3.84. The van der Waals surface area contributed by atoms with Crippen LogP contribution in [0.25, 0.3) is 55.8 Å². The highest BCUT2D eigenvalue weighted by Gasteiger charge is 2.14. The standard InChI is InChI=1S/C31H21N3/c1-2-7-22(8-3-1)23-12-16-25(17-13-23)30-31(34-29-11-5-4-10-28(29)33-30)26-18-14-24(15-19-26)27-9-6-20-32-21-27/h1-21H. The summed E-state index contributed by atoms with van der Waals surface area (Å²) in [5.41, 5.74) is 10.2. The number of rotatable bonds is 4. The van der Waals surface area contributed by atoms with E-state index in [9.17, 15) is 0 Å². The molecule has 3 nitrogen and oxygen atoms in total. The summed E-state index contributed by atoms with van der Waals surface area (Å²) in [4.78, 5) is 14.3. The van der Waals surface area contributed by atoms with E-state index in [4.69, 9.17) is 9.97 Å². The molecule has 0 radical (unpaired) electrons. The van der Waals surface area contributed by atoms with Crippen molar-refractivity contribution in [2.45, 2.75) is 0 Å². The molecule has 34 heavy (non-hydrogen) atoms. The van der Waals surface area contributed by atoms with Crippen LogP contribution in [0.4, 0.5) is 0 Å². The van der Waals surface area contributed by atoms with Gasteiger partial charge in [0.1, 0.15) is 0 Å². The van der Waals surface area contributed by atoms with Gasteiger partial charge in [-0.15, -0.1) is 0 Å². The topological polar surface area (TPSA) is 38.7 Å². The molecule has 0 bridgehead atoms. The Morgan fingerprint density at radius 3 is 1.32 bits per heavy atom. The van der Waals surface area contributed by atoms with Crippen molar-refractivity contribution < 1.29 is 0 Å². The molecular formula is C31H21N3. The Labute approximate surface area is 198 Å². The van der Waals surface area contributed by atoms with Crippen LogP contribution in [0, 0.1) is 0 Å². The summed E-state index contributed by atoms with van der Waals surface area (Å²) < 4.78 is 0. The number of fused-ring (bicyclic) bond motifs is 1. The lowest BCUT2D eigenvalue weighted by Crippen LogP contribution is -1.95. The van der Waals surface area contributed by atoms with Crippen molar-refractivity contribution in [3.05, 3.63) is 128 Å². The molecule has 6 rings (SSSR count). The van der Waals surface area contributed by atoms with Gasteiger partial charge in [0.2, 0.25) is 0 Å². The van der Waals surface area contributed by atoms with Gasteiger partial charge in [0.15, 0.2) is 0 Å². The average Bonchev–Trinajstić information content (AvgIpc) is 2.93. The van der Waals surface area contributed by atoms with Crippen molar-refractivity contribution in [1.29, 1.82) is 0 Å². The molecule has 6 aromatic rings. The molecule has 160 valence electrons. The first-order chi connectivity index (χ1) is 16.8. The SMILES string of the molecule is c1ccc(-c2ccc(-c3nc4ccccc4nc3-c3ccc(-c4cccnc4)cc3)cc2)cc1. The molecule has 0 spiro atoms. The Kier molecular flexibility index (Phi) is 5.13. The van der Waals surface area contributed by atoms with Gasteiger partial charge in [0.25, 0.3) is 0 Å². The average molecular weight is 436 g/mol. The fraction of sp³-hybridized carbons (Fsp3) is 0. The predicted molar refractivity (Wildman–Crippen MR) is 139 cm³/mol. The first kappa shape index (κ1) is 20.0. The van der Waals surface area contributed by atoms with Crippen LogP contribution >= 0.6 is 0 Å². The number of para-hydroxylation sites is 2. The van der Waals surface area contributed by atoms with E-state index in [0.717, 1.165) is 44.7 Å². The van der Waals surface area contributed by atoms with Crippen molar-refractivity contribution >= 4 is 11.0 Å². The zero-order valence-corrected chi connectivity index (χ0v) is 18.5. The van der Waals surface area contributed by atoms with Crippen LogP contribution in [0.15, 0.2) is 128 Å². The first-order valence-electron chi connectivity index (χ1n) is 11.3. The van der Waals surface area contributed by atoms with E-state index >= 15 is 0 Å². The van der Waals surface area contributed by atoms with E-state index in [2.05, 4.69) is 83.8 Å². The Morgan fingerprint density at radius 2 is 0.794 bits per heavy atom. The minimum absolute atomic E-state index is 0.879. The van der Waals surface area contributed by atoms with E-state index in [0.29, 0.717) is 0 Å². The van der Waals surface area contributed by atoms with Crippen LogP contribution in [0.1, 0.15) is 0 Å². The van der Waals surface area contributed by atoms with Crippen LogP contribution in [0.3, 0.4) is 0 Å². The number of benzene rings is 4. The smallest absolute Gasteiger partial charge is 0.0973 e. The number of nitrogens with zero attached hydrogens (tertiary/aromatic N) is 3. The van der Waals surface area contributed by atoms with Crippen LogP contribution in [0.5, 0.6) is 0 Å². The van der Waals surface area contributed by atoms with Gasteiger partial charge in [-0.2, -0.15) is 0 Å². The molecule has 0 aliphatic rings. The maximum absolute atomic E-state index is 5.03. The molecule has 3 heteroatoms. The summed E-state index contributed by atoms with van der Waals surface area (Å²) in [5.74, 6) is 0. The van der Waals surface area contributed by atoms with E-state index in [1.807, 2.05) is 42.6 Å². The normalized spacial score (nSPS) is 10.9. The lowest BCUT2D eigenvalue weighted by atomic mass is 9.98. The maximum atomic E-state index is 5.03. The van der Waals surface area contributed by atoms with Crippen molar-refractivity contribution in [2.75, 3.05) is 0 Å². The van der Waals surface area contributed by atoms with Gasteiger partial charge < -0.3 is 0 Å². The maximum Gasteiger partial charge on any atom is 0.0973 e. The molecule has 0 saturated heterocycles. The third-order valence-corrected chi connectivity index (χ3v) is 5.99. The zero-order chi connectivity index (χ0) is 22.7. The number of aromatic nitrogens is 3. The molecule has 2 aromatic heterocycles. The monoisotopic (exact) mass is 435 g/mol. The summed E-state index contributed by atoms with van der Waals surface area (Å²) in [6.45, 7) is 0. The van der Waals surface area contributed by atoms with Crippen LogP contribution in [0.2, 0.25) is 0 Å². The minimum Gasteiger partial charge on any atom is -0.264 e. The number of hydrogen-bond acceptors (Lipinski definition) is 3. The molecule has 0 unspecified atom stereocenters. The molecule has 0 aliphatic carbocycles. The van der Waals surface area contributed by atoms with Gasteiger partial charge in [-0.05, 0) is 40.5 Å². The van der Waals surface area contributed by atoms with Crippen molar-refractivity contribution in [1.82, 2.24) is 15.0 Å². The molecular weight excluding hydrogens is 414 g/mol. The van der Waals surface area contributed by atoms with E-state index in [-0.39, 0.29) is 0 Å². The minimum atomic E-state index is 0.879. The van der Waals surface area contributed by atoms with Gasteiger partial charge in [-0.1, -0.05) is 97.1 Å². The fourth-order valence-electron chi connectivity index (χ4n) is 4.21. The molecule has 0 atom stereocenters. The summed E-state index contributed by atoms with van der Waals surface area (Å²) >= 11 is 0. The highest BCUT2D eigenvalue weighted by atomic mass is 14.8. The Balaban J connectivity index is 1.46. The van der Waals surface area contributed by atoms with Crippen molar-refractivity contribution in [3.8, 4) is 44.8 Å². The van der Waals surface area contributed by atoms with Crippen LogP contribution < -0.4 is 0 Å². The van der Waals surface area contributed by atoms with E-state index in [1.54, 1.807) is 6.20 Å². The second-order valence-electron chi connectivity index (χ2n) is 8.17. The molecule has 0 amide bonds. The quantitative estimate of drug-likeness (QED) is 0.285. The summed E-state index contributed by atoms with van der Waals surface area (Å²) in [6.07, 6.45) is 3.67. The fourth-order valence-corrected chi connectivity index (χ4v) is 4.21. The first-order valence-corrected chi connectivity index (χ1v) is 11.3. The lowest BCUT2D eigenvalue weighted by molar-refractivity contribution is 1.29. The second-order valence-corrected chi connectivity index (χ2v) is 8.17. The Bertz CT molecular complexity index is 1440. The van der Waals surface area contributed by atoms with Crippen LogP contribution in [-0.2, 0) is 0 Å². The van der Waals surface area contributed by atoms with Gasteiger partial charge in [-0.3, -0.25) is 4.98 Å². The van der Waals surface area contributed by atoms with Crippen LogP contribution in [-0.4, -0.2) is 15.0 Å². The Hall–Kier alpha value is -4.63. The van der Waals surface area contributed by atoms with Gasteiger partial charge >= 0.3 is 0 Å². The highest BCUT2D eigenvalue weighted by Crippen LogP contribution is 2.33. The van der Waals surface area contributed by atoms with E-state index < -0.39 is 0 Å². The molecule has 0 fully saturated rings. The summed E-state index contributed by atoms with van der Waals surface area (Å²) in [5, 5.41) is 0. The molecule has 0 N–H and O–H groups in total. The van der Waals surface area contributed by atoms with Crippen molar-refractivity contribution in [2.24, 2.45) is 0 Å². The van der Waals surface area contributed by atoms with E-state index in [1.165, 1.54) is 11.1 Å². The lowest BCUT2D eigenvalue weighted by Gasteiger charge is -2.12. The number of hydrogen-bond donors (Lipinski definition) is 0. The second kappa shape index (κ2) is 8.72. The van der Waals surface area contributed by atoms with Crippen molar-refractivity contribution in [3.63, 3.8) is 0 Å². The molecule has 2 heterocycles. The third-order valence-electron chi connectivity index (χ3n) is 5.99. The predicted octanol–water partition coefficient (Wildman–Crippen LogP) is 7.69. The summed E-state index contributed by atoms with van der Waals surface area (Å²) in [7, 11) is 0. The van der Waals surface area contributed by atoms with Gasteiger partial charge in [0, 0.05) is 23.5 Å². The number of pyridine rings is 1. The summed E-state index contributed by atoms with van der Waals surface area (Å²) in [6, 6.07) is 39.5. The highest BCUT2D eigenvalue weighted by molar-refractivity contribution is 5.87. The van der Waals surface area contributed by atoms with Gasteiger partial charge in [-0.25, -0.2) is 9.97 Å². The molecule has 4 aromatic carbocycles. The Morgan fingerprint density at radius 1 is 0.353 bits per heavy atom. The van der Waals surface area contributed by atoms with Gasteiger partial charge in [0.05, 0.1) is 22.4 Å². The zero-order valence-electron chi connectivity index (χ0n) is 18.5.